The van der Waals surface area contributed by atoms with Gasteiger partial charge in [0.2, 0.25) is 5.91 Å². The highest BCUT2D eigenvalue weighted by Crippen LogP contribution is 2.66. The number of phenols is 1. The number of rotatable bonds is 5. The van der Waals surface area contributed by atoms with E-state index in [1.54, 1.807) is 35.6 Å². The average molecular weight is 513 g/mol. The van der Waals surface area contributed by atoms with Crippen LogP contribution in [-0.2, 0) is 16.6 Å². The van der Waals surface area contributed by atoms with Crippen molar-refractivity contribution in [2.45, 2.75) is 67.7 Å². The van der Waals surface area contributed by atoms with Gasteiger partial charge in [0.1, 0.15) is 6.10 Å². The molecular weight excluding hydrogens is 480 g/mol. The monoisotopic (exact) mass is 512 g/mol. The van der Waals surface area contributed by atoms with Crippen LogP contribution in [0.25, 0.3) is 6.08 Å². The van der Waals surface area contributed by atoms with Crippen LogP contribution < -0.4 is 4.74 Å². The summed E-state index contributed by atoms with van der Waals surface area (Å²) in [7, 11) is 1.82. The van der Waals surface area contributed by atoms with Crippen molar-refractivity contribution in [2.75, 3.05) is 20.1 Å². The summed E-state index contributed by atoms with van der Waals surface area (Å²) in [6.07, 6.45) is 11.5. The van der Waals surface area contributed by atoms with Crippen molar-refractivity contribution in [2.24, 2.45) is 5.92 Å². The van der Waals surface area contributed by atoms with E-state index in [-0.39, 0.29) is 36.1 Å². The molecule has 7 nitrogen and oxygen atoms in total. The van der Waals surface area contributed by atoms with Gasteiger partial charge in [-0.2, -0.15) is 0 Å². The molecule has 5 unspecified atom stereocenters. The number of aromatic hydroxyl groups is 1. The molecule has 8 heteroatoms. The molecule has 1 aromatic carbocycles. The molecule has 2 N–H and O–H groups in total. The van der Waals surface area contributed by atoms with Gasteiger partial charge >= 0.3 is 0 Å². The number of furan rings is 1. The topological polar surface area (TPSA) is 86.4 Å². The number of phenolic OH excluding ortho intramolecular Hbond substituents is 1. The number of piperidine rings is 1. The minimum Gasteiger partial charge on any atom is -0.504 e. The van der Waals surface area contributed by atoms with E-state index in [1.807, 2.05) is 19.2 Å². The van der Waals surface area contributed by atoms with Crippen LogP contribution in [0, 0.1) is 5.92 Å². The lowest BCUT2D eigenvalue weighted by Crippen LogP contribution is -2.78. The minimum atomic E-state index is -0.941. The average Bonchev–Trinajstić information content (AvgIpc) is 3.36. The molecule has 3 heterocycles. The number of carbonyl (C=O) groups excluding carboxylic acids is 1. The molecule has 3 fully saturated rings. The number of amides is 1. The molecule has 0 radical (unpaired) electrons. The van der Waals surface area contributed by atoms with Gasteiger partial charge in [-0.1, -0.05) is 6.07 Å². The van der Waals surface area contributed by atoms with E-state index < -0.39 is 17.1 Å². The lowest BCUT2D eigenvalue weighted by molar-refractivity contribution is -0.200. The largest absolute Gasteiger partial charge is 0.504 e. The fourth-order valence-electron chi connectivity index (χ4n) is 7.67. The Hall–Kier alpha value is -2.48. The predicted octanol–water partition coefficient (Wildman–Crippen LogP) is 3.51. The molecular formula is C28H33ClN2O5. The predicted molar refractivity (Wildman–Crippen MR) is 136 cm³/mol. The molecule has 7 rings (SSSR count). The van der Waals surface area contributed by atoms with Crippen LogP contribution in [-0.4, -0.2) is 69.8 Å². The number of halogens is 1. The van der Waals surface area contributed by atoms with E-state index in [1.165, 1.54) is 18.4 Å². The molecule has 1 aromatic heterocycles. The first-order chi connectivity index (χ1) is 16.9. The van der Waals surface area contributed by atoms with E-state index in [4.69, 9.17) is 9.15 Å². The Morgan fingerprint density at radius 3 is 2.83 bits per heavy atom. The molecule has 2 bridgehead atoms. The van der Waals surface area contributed by atoms with Gasteiger partial charge in [-0.25, -0.2) is 0 Å². The van der Waals surface area contributed by atoms with E-state index in [2.05, 4.69) is 4.90 Å². The zero-order valence-corrected chi connectivity index (χ0v) is 21.2. The highest BCUT2D eigenvalue weighted by molar-refractivity contribution is 5.92. The van der Waals surface area contributed by atoms with Crippen molar-refractivity contribution in [1.29, 1.82) is 0 Å². The lowest BCUT2D eigenvalue weighted by Gasteiger charge is -2.64. The van der Waals surface area contributed by atoms with Crippen molar-refractivity contribution in [3.63, 3.8) is 0 Å². The number of likely N-dealkylation sites (N-methyl/N-ethyl adjacent to an activating group) is 1. The van der Waals surface area contributed by atoms with E-state index in [9.17, 15) is 15.0 Å². The van der Waals surface area contributed by atoms with Gasteiger partial charge in [-0.15, -0.1) is 12.4 Å². The van der Waals surface area contributed by atoms with Crippen molar-refractivity contribution < 1.29 is 24.2 Å². The Morgan fingerprint density at radius 2 is 2.08 bits per heavy atom. The number of ether oxygens (including phenoxy) is 1. The first-order valence-electron chi connectivity index (χ1n) is 12.9. The molecule has 2 saturated carbocycles. The maximum absolute atomic E-state index is 13.2. The summed E-state index contributed by atoms with van der Waals surface area (Å²) in [5, 5.41) is 23.3. The zero-order valence-electron chi connectivity index (χ0n) is 20.4. The Kier molecular flexibility index (Phi) is 5.49. The number of likely N-dealkylation sites (tertiary alicyclic amines) is 1. The molecule has 1 saturated heterocycles. The van der Waals surface area contributed by atoms with Gasteiger partial charge < -0.3 is 24.3 Å². The minimum absolute atomic E-state index is 0. The van der Waals surface area contributed by atoms with Gasteiger partial charge in [-0.05, 0) is 74.8 Å². The maximum atomic E-state index is 13.2. The van der Waals surface area contributed by atoms with Gasteiger partial charge in [-0.3, -0.25) is 9.69 Å². The highest BCUT2D eigenvalue weighted by atomic mass is 35.5. The van der Waals surface area contributed by atoms with Gasteiger partial charge in [0.25, 0.3) is 0 Å². The van der Waals surface area contributed by atoms with Gasteiger partial charge in [0.05, 0.1) is 29.6 Å². The Labute approximate surface area is 217 Å². The summed E-state index contributed by atoms with van der Waals surface area (Å²) in [5.41, 5.74) is 1.44. The van der Waals surface area contributed by atoms with Gasteiger partial charge in [0.15, 0.2) is 11.5 Å². The van der Waals surface area contributed by atoms with E-state index >= 15 is 0 Å². The lowest BCUT2D eigenvalue weighted by atomic mass is 9.48. The number of benzene rings is 1. The summed E-state index contributed by atoms with van der Waals surface area (Å²) in [6, 6.07) is 5.38. The standard InChI is InChI=1S/C28H32N2O5.ClH/c1-29(23(32)7-4-18-9-13-34-16-18)20-8-10-28(33)22-14-19-5-6-21(31)25-24(19)27(28,26(20)35-25)11-12-30(22)15-17-2-3-17;/h4-7,9,13,16-17,20,22,26,31,33H,2-3,8,10-12,14-15H2,1H3;1H. The second-order valence-corrected chi connectivity index (χ2v) is 11.2. The zero-order chi connectivity index (χ0) is 23.9. The van der Waals surface area contributed by atoms with Crippen molar-refractivity contribution >= 4 is 24.4 Å². The molecule has 3 aliphatic carbocycles. The maximum Gasteiger partial charge on any atom is 0.246 e. The third-order valence-electron chi connectivity index (χ3n) is 9.54. The van der Waals surface area contributed by atoms with Crippen molar-refractivity contribution in [3.8, 4) is 11.5 Å². The molecule has 36 heavy (non-hydrogen) atoms. The third kappa shape index (κ3) is 3.15. The normalized spacial score (nSPS) is 34.1. The summed E-state index contributed by atoms with van der Waals surface area (Å²) < 4.78 is 11.7. The number of aliphatic hydroxyl groups is 1. The SMILES string of the molecule is CN(C(=O)C=Cc1ccoc1)C1CCC2(O)C3Cc4ccc(O)c5c4C2(CCN3CC2CC2)C1O5.Cl. The molecule has 1 amide bonds. The second kappa shape index (κ2) is 8.27. The first-order valence-corrected chi connectivity index (χ1v) is 12.9. The Bertz CT molecular complexity index is 1210. The van der Waals surface area contributed by atoms with Gasteiger partial charge in [0, 0.05) is 36.8 Å². The highest BCUT2D eigenvalue weighted by Gasteiger charge is 2.73. The van der Waals surface area contributed by atoms with Crippen molar-refractivity contribution in [3.05, 3.63) is 53.5 Å². The molecule has 5 atom stereocenters. The summed E-state index contributed by atoms with van der Waals surface area (Å²) >= 11 is 0. The van der Waals surface area contributed by atoms with Crippen LogP contribution in [0.4, 0.5) is 0 Å². The summed E-state index contributed by atoms with van der Waals surface area (Å²) in [6.45, 7) is 1.96. The van der Waals surface area contributed by atoms with Crippen LogP contribution in [0.15, 0.2) is 41.2 Å². The Balaban J connectivity index is 0.00000240. The number of hydrogen-bond donors (Lipinski definition) is 2. The number of nitrogens with zero attached hydrogens (tertiary/aromatic N) is 2. The van der Waals surface area contributed by atoms with Crippen LogP contribution >= 0.6 is 12.4 Å². The molecule has 1 spiro atoms. The third-order valence-corrected chi connectivity index (χ3v) is 9.54. The molecule has 192 valence electrons. The van der Waals surface area contributed by atoms with Crippen molar-refractivity contribution in [1.82, 2.24) is 9.80 Å². The number of carbonyl (C=O) groups is 1. The smallest absolute Gasteiger partial charge is 0.246 e. The Morgan fingerprint density at radius 1 is 1.25 bits per heavy atom. The second-order valence-electron chi connectivity index (χ2n) is 11.2. The quantitative estimate of drug-likeness (QED) is 0.596. The van der Waals surface area contributed by atoms with E-state index in [0.29, 0.717) is 18.6 Å². The molecule has 2 aliphatic heterocycles. The van der Waals surface area contributed by atoms with Crippen LogP contribution in [0.2, 0.25) is 0 Å². The molecule has 2 aromatic rings. The fraction of sp³-hybridized carbons (Fsp3) is 0.536. The summed E-state index contributed by atoms with van der Waals surface area (Å²) in [5.74, 6) is 1.28. The number of hydrogen-bond acceptors (Lipinski definition) is 6. The first kappa shape index (κ1) is 23.9. The van der Waals surface area contributed by atoms with Crippen LogP contribution in [0.3, 0.4) is 0 Å². The molecule has 5 aliphatic rings. The van der Waals surface area contributed by atoms with E-state index in [0.717, 1.165) is 43.0 Å². The van der Waals surface area contributed by atoms with Crippen LogP contribution in [0.5, 0.6) is 11.5 Å². The van der Waals surface area contributed by atoms with Crippen LogP contribution in [0.1, 0.15) is 48.8 Å². The summed E-state index contributed by atoms with van der Waals surface area (Å²) in [4.78, 5) is 17.5. The fourth-order valence-corrected chi connectivity index (χ4v) is 7.67.